The average molecular weight is 141 g/mol. The van der Waals surface area contributed by atoms with Gasteiger partial charge in [-0.25, -0.2) is 0 Å². The summed E-state index contributed by atoms with van der Waals surface area (Å²) in [5, 5.41) is 8.16. The van der Waals surface area contributed by atoms with E-state index in [1.807, 2.05) is 6.07 Å². The van der Waals surface area contributed by atoms with Crippen LogP contribution >= 0.6 is 0 Å². The van der Waals surface area contributed by atoms with Gasteiger partial charge in [0, 0.05) is 0 Å². The van der Waals surface area contributed by atoms with Crippen LogP contribution in [0.25, 0.3) is 0 Å². The number of hydrogen-bond acceptors (Lipinski definition) is 1. The molecule has 0 saturated heterocycles. The third kappa shape index (κ3) is 2.11. The molecule has 0 radical (unpaired) electrons. The van der Waals surface area contributed by atoms with E-state index in [-0.39, 0.29) is 0 Å². The molecule has 0 aliphatic rings. The standard InChI is InChI=1S/C2H2N.Ru/c1-2-3;/h1H2;. The Labute approximate surface area is 35.3 Å². The van der Waals surface area contributed by atoms with Gasteiger partial charge in [-0.15, -0.1) is 0 Å². The van der Waals surface area contributed by atoms with E-state index in [2.05, 4.69) is 18.3 Å². The molecule has 4 heavy (non-hydrogen) atoms. The van der Waals surface area contributed by atoms with Gasteiger partial charge in [0.25, 0.3) is 0 Å². The first-order valence-electron chi connectivity index (χ1n) is 0.827. The quantitative estimate of drug-likeness (QED) is 0.450. The fourth-order valence-electron chi connectivity index (χ4n) is 0. The zero-order valence-electron chi connectivity index (χ0n) is 2.01. The summed E-state index contributed by atoms with van der Waals surface area (Å²) in [5.41, 5.74) is 0. The number of rotatable bonds is 0. The van der Waals surface area contributed by atoms with E-state index in [1.165, 1.54) is 0 Å². The Morgan fingerprint density at radius 1 is 2.00 bits per heavy atom. The molecule has 0 aliphatic heterocycles. The van der Waals surface area contributed by atoms with Crippen molar-refractivity contribution in [1.82, 2.24) is 0 Å². The predicted molar refractivity (Wildman–Crippen MR) is 10.4 cm³/mol. The first-order chi connectivity index (χ1) is 1.91. The monoisotopic (exact) mass is 142 g/mol. The Bertz CT molecular complexity index is 35.8. The molecule has 0 rings (SSSR count). The van der Waals surface area contributed by atoms with Crippen LogP contribution in [-0.4, -0.2) is 0 Å². The van der Waals surface area contributed by atoms with E-state index in [9.17, 15) is 0 Å². The molecule has 0 aromatic heterocycles. The van der Waals surface area contributed by atoms with E-state index in [1.54, 1.807) is 0 Å². The van der Waals surface area contributed by atoms with Gasteiger partial charge in [-0.3, -0.25) is 0 Å². The molecule has 0 N–H and O–H groups in total. The molecule has 0 heterocycles. The topological polar surface area (TPSA) is 23.8 Å². The Kier molecular flexibility index (Phi) is 3.20. The molecule has 0 saturated carbocycles. The summed E-state index contributed by atoms with van der Waals surface area (Å²) in [6.07, 6.45) is 0. The van der Waals surface area contributed by atoms with Gasteiger partial charge in [0.15, 0.2) is 0 Å². The maximum absolute atomic E-state index is 7.61. The molecule has 1 nitrogen and oxygen atoms in total. The van der Waals surface area contributed by atoms with Crippen molar-refractivity contribution in [3.8, 4) is 6.07 Å². The molecule has 0 amide bonds. The number of nitriles is 1. The van der Waals surface area contributed by atoms with Crippen LogP contribution in [0, 0.1) is 11.3 Å². The third-order valence-electron chi connectivity index (χ3n) is 0.0559. The van der Waals surface area contributed by atoms with Gasteiger partial charge in [0.05, 0.1) is 0 Å². The van der Waals surface area contributed by atoms with Gasteiger partial charge >= 0.3 is 34.6 Å². The first kappa shape index (κ1) is 4.11. The third-order valence-corrected chi connectivity index (χ3v) is 0.331. The van der Waals surface area contributed by atoms with Crippen molar-refractivity contribution in [3.05, 3.63) is 0 Å². The van der Waals surface area contributed by atoms with Gasteiger partial charge in [-0.1, -0.05) is 0 Å². The van der Waals surface area contributed by atoms with Crippen molar-refractivity contribution in [2.24, 2.45) is 0 Å². The van der Waals surface area contributed by atoms with Crippen molar-refractivity contribution >= 4 is 0 Å². The molecule has 0 aromatic carbocycles. The molecule has 0 aliphatic carbocycles. The van der Waals surface area contributed by atoms with Gasteiger partial charge < -0.3 is 0 Å². The van der Waals surface area contributed by atoms with Crippen molar-refractivity contribution in [1.29, 1.82) is 5.26 Å². The van der Waals surface area contributed by atoms with Crippen molar-refractivity contribution < 1.29 is 18.3 Å². The van der Waals surface area contributed by atoms with Crippen molar-refractivity contribution in [2.75, 3.05) is 0 Å². The Balaban J connectivity index is 2.43. The van der Waals surface area contributed by atoms with E-state index in [0.717, 1.165) is 0 Å². The zero-order chi connectivity index (χ0) is 3.41. The van der Waals surface area contributed by atoms with E-state index in [0.29, 0.717) is 5.02 Å². The Morgan fingerprint density at radius 3 is 2.25 bits per heavy atom. The van der Waals surface area contributed by atoms with Gasteiger partial charge in [0.2, 0.25) is 0 Å². The molecule has 0 spiro atoms. The van der Waals surface area contributed by atoms with Gasteiger partial charge in [-0.05, 0) is 0 Å². The predicted octanol–water partition coefficient (Wildman–Crippen LogP) is 0.475. The van der Waals surface area contributed by atoms with Crippen LogP contribution in [-0.2, 0) is 18.3 Å². The van der Waals surface area contributed by atoms with E-state index < -0.39 is 0 Å². The van der Waals surface area contributed by atoms with Crippen LogP contribution in [0.1, 0.15) is 0 Å². The minimum absolute atomic E-state index is 0.555. The van der Waals surface area contributed by atoms with E-state index >= 15 is 0 Å². The summed E-state index contributed by atoms with van der Waals surface area (Å²) in [6.45, 7) is 0. The zero-order valence-corrected chi connectivity index (χ0v) is 3.75. The van der Waals surface area contributed by atoms with Crippen LogP contribution in [0.15, 0.2) is 0 Å². The summed E-state index contributed by atoms with van der Waals surface area (Å²) in [7, 11) is 0. The maximum atomic E-state index is 7.61. The second kappa shape index (κ2) is 3.11. The fourth-order valence-corrected chi connectivity index (χ4v) is 0. The normalized spacial score (nSPS) is 5.00. The summed E-state index contributed by atoms with van der Waals surface area (Å²) >= 11 is 2.22. The minimum atomic E-state index is 0.555. The van der Waals surface area contributed by atoms with Crippen molar-refractivity contribution in [3.63, 3.8) is 0 Å². The van der Waals surface area contributed by atoms with Crippen LogP contribution in [0.3, 0.4) is 0 Å². The average Bonchev–Trinajstić information content (AvgIpc) is 1.37. The number of hydrogen-bond donors (Lipinski definition) is 0. The second-order valence-electron chi connectivity index (χ2n) is 0.283. The Hall–Kier alpha value is 0.113. The summed E-state index contributed by atoms with van der Waals surface area (Å²) < 4.78 is 0. The molecule has 0 unspecified atom stereocenters. The Morgan fingerprint density at radius 2 is 2.25 bits per heavy atom. The summed E-state index contributed by atoms with van der Waals surface area (Å²) in [5.74, 6) is 0. The van der Waals surface area contributed by atoms with Gasteiger partial charge in [0.1, 0.15) is 0 Å². The van der Waals surface area contributed by atoms with Crippen LogP contribution in [0.5, 0.6) is 0 Å². The molecule has 23 valence electrons. The van der Waals surface area contributed by atoms with Crippen LogP contribution < -0.4 is 0 Å². The van der Waals surface area contributed by atoms with Crippen LogP contribution in [0.4, 0.5) is 0 Å². The van der Waals surface area contributed by atoms with Gasteiger partial charge in [-0.2, -0.15) is 0 Å². The number of nitrogens with zero attached hydrogens (tertiary/aromatic N) is 1. The second-order valence-corrected chi connectivity index (χ2v) is 0.898. The molecular formula is C2H2NRu. The molecular weight excluding hydrogens is 139 g/mol. The fraction of sp³-hybridized carbons (Fsp3) is 0.500. The molecule has 2 heteroatoms. The molecule has 0 bridgehead atoms. The molecule has 0 aromatic rings. The SMILES string of the molecule is N#C[CH2][Ru]. The molecule has 0 fully saturated rings. The van der Waals surface area contributed by atoms with Crippen LogP contribution in [0.2, 0.25) is 5.02 Å². The first-order valence-corrected chi connectivity index (χ1v) is 2.06. The van der Waals surface area contributed by atoms with Crippen molar-refractivity contribution in [2.45, 2.75) is 5.02 Å². The summed E-state index contributed by atoms with van der Waals surface area (Å²) in [4.78, 5) is 0. The van der Waals surface area contributed by atoms with E-state index in [4.69, 9.17) is 5.26 Å². The molecule has 0 atom stereocenters. The summed E-state index contributed by atoms with van der Waals surface area (Å²) in [6, 6.07) is 1.90.